The van der Waals surface area contributed by atoms with Crippen LogP contribution in [0.1, 0.15) is 23.2 Å². The number of carbonyl (C=O) groups is 1. The van der Waals surface area contributed by atoms with Gasteiger partial charge in [0.1, 0.15) is 5.75 Å². The fraction of sp³-hybridized carbons (Fsp3) is 0.250. The van der Waals surface area contributed by atoms with Gasteiger partial charge in [0, 0.05) is 59.5 Å². The van der Waals surface area contributed by atoms with Gasteiger partial charge in [-0.1, -0.05) is 24.3 Å². The number of fused-ring (bicyclic) bond motifs is 2. The smallest absolute Gasteiger partial charge is 0.344 e. The van der Waals surface area contributed by atoms with Gasteiger partial charge in [-0.05, 0) is 73.3 Å². The quantitative estimate of drug-likeness (QED) is 0.155. The Kier molecular flexibility index (Phi) is 7.70. The number of thiophene rings is 1. The lowest BCUT2D eigenvalue weighted by Gasteiger charge is -2.36. The lowest BCUT2D eigenvalue weighted by Crippen LogP contribution is -2.46. The van der Waals surface area contributed by atoms with Crippen LogP contribution in [0.5, 0.6) is 11.6 Å². The maximum Gasteiger partial charge on any atom is 0.344 e. The highest BCUT2D eigenvalue weighted by Gasteiger charge is 2.18. The SMILES string of the molecule is O=C(Oc1ccc2ccc(OCCCCN3CCN(c4cccc5sccc45)CC3)cc2n1)c1ccccc1. The van der Waals surface area contributed by atoms with Crippen molar-refractivity contribution in [3.05, 3.63) is 95.9 Å². The van der Waals surface area contributed by atoms with Crippen molar-refractivity contribution in [2.75, 3.05) is 44.2 Å². The Hall–Kier alpha value is -3.94. The van der Waals surface area contributed by atoms with Gasteiger partial charge in [0.25, 0.3) is 0 Å². The second-order valence-electron chi connectivity index (χ2n) is 9.75. The Morgan fingerprint density at radius 1 is 0.872 bits per heavy atom. The van der Waals surface area contributed by atoms with Crippen molar-refractivity contribution in [3.8, 4) is 11.6 Å². The monoisotopic (exact) mass is 537 g/mol. The van der Waals surface area contributed by atoms with E-state index in [1.807, 2.05) is 53.8 Å². The Morgan fingerprint density at radius 2 is 1.72 bits per heavy atom. The number of benzene rings is 3. The number of pyridine rings is 1. The summed E-state index contributed by atoms with van der Waals surface area (Å²) in [5.41, 5.74) is 2.60. The van der Waals surface area contributed by atoms with Crippen LogP contribution in [0.4, 0.5) is 5.69 Å². The zero-order valence-electron chi connectivity index (χ0n) is 21.8. The number of ether oxygens (including phenoxy) is 2. The van der Waals surface area contributed by atoms with Gasteiger partial charge in [0.2, 0.25) is 5.88 Å². The second kappa shape index (κ2) is 11.8. The summed E-state index contributed by atoms with van der Waals surface area (Å²) in [5, 5.41) is 4.53. The topological polar surface area (TPSA) is 54.9 Å². The van der Waals surface area contributed by atoms with Crippen LogP contribution >= 0.6 is 11.3 Å². The molecule has 0 saturated carbocycles. The minimum atomic E-state index is -0.420. The van der Waals surface area contributed by atoms with E-state index in [9.17, 15) is 4.79 Å². The average molecular weight is 538 g/mol. The lowest BCUT2D eigenvalue weighted by molar-refractivity contribution is 0.0728. The molecule has 0 aliphatic carbocycles. The fourth-order valence-corrected chi connectivity index (χ4v) is 5.85. The van der Waals surface area contributed by atoms with E-state index in [1.165, 1.54) is 15.8 Å². The molecule has 2 aromatic heterocycles. The average Bonchev–Trinajstić information content (AvgIpc) is 3.47. The number of esters is 1. The molecule has 6 rings (SSSR count). The molecule has 6 nitrogen and oxygen atoms in total. The molecule has 0 unspecified atom stereocenters. The largest absolute Gasteiger partial charge is 0.494 e. The second-order valence-corrected chi connectivity index (χ2v) is 10.7. The third-order valence-corrected chi connectivity index (χ3v) is 8.05. The van der Waals surface area contributed by atoms with Crippen LogP contribution in [0, 0.1) is 0 Å². The first kappa shape index (κ1) is 25.3. The number of hydrogen-bond donors (Lipinski definition) is 0. The summed E-state index contributed by atoms with van der Waals surface area (Å²) in [5.74, 6) is 0.634. The Morgan fingerprint density at radius 3 is 2.59 bits per heavy atom. The maximum absolute atomic E-state index is 12.4. The third-order valence-electron chi connectivity index (χ3n) is 7.17. The van der Waals surface area contributed by atoms with Crippen molar-refractivity contribution in [2.45, 2.75) is 12.8 Å². The van der Waals surface area contributed by atoms with Gasteiger partial charge < -0.3 is 14.4 Å². The van der Waals surface area contributed by atoms with Crippen molar-refractivity contribution in [3.63, 3.8) is 0 Å². The molecule has 0 amide bonds. The van der Waals surface area contributed by atoms with Crippen LogP contribution in [0.2, 0.25) is 0 Å². The molecule has 0 spiro atoms. The van der Waals surface area contributed by atoms with Gasteiger partial charge in [-0.2, -0.15) is 0 Å². The van der Waals surface area contributed by atoms with E-state index in [0.29, 0.717) is 12.2 Å². The van der Waals surface area contributed by atoms with E-state index in [-0.39, 0.29) is 5.88 Å². The summed E-state index contributed by atoms with van der Waals surface area (Å²) in [6.45, 7) is 6.07. The minimum Gasteiger partial charge on any atom is -0.494 e. The standard InChI is InChI=1S/C32H31N3O3S/c36-32(25-7-2-1-3-8-25)38-31-14-12-24-11-13-26(23-28(24)33-31)37-21-5-4-16-34-17-19-35(20-18-34)29-9-6-10-30-27(29)15-22-39-30/h1-3,6-15,22-23H,4-5,16-21H2. The first-order valence-electron chi connectivity index (χ1n) is 13.5. The predicted octanol–water partition coefficient (Wildman–Crippen LogP) is 6.65. The molecule has 3 aromatic carbocycles. The molecule has 0 radical (unpaired) electrons. The summed E-state index contributed by atoms with van der Waals surface area (Å²) < 4.78 is 12.9. The molecule has 1 saturated heterocycles. The third kappa shape index (κ3) is 6.05. The summed E-state index contributed by atoms with van der Waals surface area (Å²) in [7, 11) is 0. The van der Waals surface area contributed by atoms with Crippen LogP contribution < -0.4 is 14.4 Å². The van der Waals surface area contributed by atoms with Gasteiger partial charge in [-0.25, -0.2) is 9.78 Å². The normalized spacial score (nSPS) is 14.1. The number of rotatable bonds is 9. The number of carbonyl (C=O) groups excluding carboxylic acids is 1. The highest BCUT2D eigenvalue weighted by atomic mass is 32.1. The van der Waals surface area contributed by atoms with Crippen molar-refractivity contribution in [2.24, 2.45) is 0 Å². The number of aromatic nitrogens is 1. The first-order valence-corrected chi connectivity index (χ1v) is 14.4. The van der Waals surface area contributed by atoms with Crippen LogP contribution in [0.3, 0.4) is 0 Å². The summed E-state index contributed by atoms with van der Waals surface area (Å²) in [6, 6.07) is 27.3. The van der Waals surface area contributed by atoms with Gasteiger partial charge in [0.15, 0.2) is 0 Å². The zero-order valence-corrected chi connectivity index (χ0v) is 22.6. The van der Waals surface area contributed by atoms with E-state index in [2.05, 4.69) is 44.4 Å². The Balaban J connectivity index is 0.952. The van der Waals surface area contributed by atoms with Gasteiger partial charge in [-0.15, -0.1) is 11.3 Å². The van der Waals surface area contributed by atoms with Crippen molar-refractivity contribution in [1.82, 2.24) is 9.88 Å². The molecule has 1 fully saturated rings. The summed E-state index contributed by atoms with van der Waals surface area (Å²) in [4.78, 5) is 22.0. The predicted molar refractivity (Wildman–Crippen MR) is 158 cm³/mol. The molecule has 198 valence electrons. The van der Waals surface area contributed by atoms with E-state index < -0.39 is 5.97 Å². The first-order chi connectivity index (χ1) is 19.2. The number of unbranched alkanes of at least 4 members (excludes halogenated alkanes) is 1. The molecular weight excluding hydrogens is 506 g/mol. The molecule has 1 aliphatic rings. The molecule has 0 bridgehead atoms. The number of nitrogens with zero attached hydrogens (tertiary/aromatic N) is 3. The van der Waals surface area contributed by atoms with Gasteiger partial charge in [0.05, 0.1) is 17.7 Å². The molecular formula is C32H31N3O3S. The molecule has 39 heavy (non-hydrogen) atoms. The Bertz CT molecular complexity index is 1560. The highest BCUT2D eigenvalue weighted by Crippen LogP contribution is 2.31. The molecule has 1 aliphatic heterocycles. The molecule has 0 atom stereocenters. The number of piperazine rings is 1. The van der Waals surface area contributed by atoms with Crippen molar-refractivity contribution in [1.29, 1.82) is 0 Å². The number of anilines is 1. The van der Waals surface area contributed by atoms with Crippen molar-refractivity contribution < 1.29 is 14.3 Å². The highest BCUT2D eigenvalue weighted by molar-refractivity contribution is 7.17. The molecule has 3 heterocycles. The van der Waals surface area contributed by atoms with Gasteiger partial charge >= 0.3 is 5.97 Å². The van der Waals surface area contributed by atoms with Crippen LogP contribution in [-0.2, 0) is 0 Å². The fourth-order valence-electron chi connectivity index (χ4n) is 5.05. The van der Waals surface area contributed by atoms with Crippen LogP contribution in [0.25, 0.3) is 21.0 Å². The Labute approximate surface area is 232 Å². The zero-order chi connectivity index (χ0) is 26.4. The number of hydrogen-bond acceptors (Lipinski definition) is 7. The molecule has 0 N–H and O–H groups in total. The van der Waals surface area contributed by atoms with E-state index in [0.717, 1.165) is 62.2 Å². The molecule has 5 aromatic rings. The van der Waals surface area contributed by atoms with Crippen LogP contribution in [0.15, 0.2) is 90.3 Å². The molecule has 7 heteroatoms. The maximum atomic E-state index is 12.4. The minimum absolute atomic E-state index is 0.278. The van der Waals surface area contributed by atoms with E-state index >= 15 is 0 Å². The van der Waals surface area contributed by atoms with Gasteiger partial charge in [-0.3, -0.25) is 4.90 Å². The summed E-state index contributed by atoms with van der Waals surface area (Å²) in [6.07, 6.45) is 2.10. The lowest BCUT2D eigenvalue weighted by atomic mass is 10.2. The van der Waals surface area contributed by atoms with E-state index in [1.54, 1.807) is 18.2 Å². The van der Waals surface area contributed by atoms with Crippen molar-refractivity contribution >= 4 is 44.0 Å². The summed E-state index contributed by atoms with van der Waals surface area (Å²) >= 11 is 1.81. The van der Waals surface area contributed by atoms with Crippen LogP contribution in [-0.4, -0.2) is 55.2 Å². The van der Waals surface area contributed by atoms with E-state index in [4.69, 9.17) is 9.47 Å².